The Balaban J connectivity index is 2.16. The Labute approximate surface area is 127 Å². The molecular weight excluding hydrogens is 260 g/mol. The third-order valence-corrected chi connectivity index (χ3v) is 3.36. The number of aryl methyl sites for hydroxylation is 1. The lowest BCUT2D eigenvalue weighted by molar-refractivity contribution is 0.378. The summed E-state index contributed by atoms with van der Waals surface area (Å²) in [6.45, 7) is 4.20. The Bertz CT molecular complexity index is 600. The molecule has 2 rings (SSSR count). The maximum atomic E-state index is 5.79. The standard InChI is InChI=1S/C19H22O2/c1-4-8-16-11-12-18(19(13-16)20-3)21-14-15(2)17-9-6-5-7-10-17/h5-7,9-14H,4,8H2,1-3H3. The van der Waals surface area contributed by atoms with Crippen LogP contribution in [-0.2, 0) is 6.42 Å². The highest BCUT2D eigenvalue weighted by atomic mass is 16.5. The van der Waals surface area contributed by atoms with Crippen LogP contribution in [0.2, 0.25) is 0 Å². The van der Waals surface area contributed by atoms with Crippen LogP contribution >= 0.6 is 0 Å². The molecule has 0 aliphatic heterocycles. The van der Waals surface area contributed by atoms with Gasteiger partial charge in [-0.15, -0.1) is 0 Å². The molecule has 21 heavy (non-hydrogen) atoms. The lowest BCUT2D eigenvalue weighted by atomic mass is 10.1. The molecule has 0 radical (unpaired) electrons. The topological polar surface area (TPSA) is 18.5 Å². The smallest absolute Gasteiger partial charge is 0.168 e. The zero-order valence-corrected chi connectivity index (χ0v) is 12.9. The highest BCUT2D eigenvalue weighted by molar-refractivity contribution is 5.63. The molecule has 0 heterocycles. The van der Waals surface area contributed by atoms with E-state index in [1.807, 2.05) is 37.3 Å². The summed E-state index contributed by atoms with van der Waals surface area (Å²) in [7, 11) is 1.67. The van der Waals surface area contributed by atoms with Gasteiger partial charge in [-0.1, -0.05) is 49.7 Å². The molecule has 2 nitrogen and oxygen atoms in total. The maximum absolute atomic E-state index is 5.79. The van der Waals surface area contributed by atoms with Gasteiger partial charge in [0.2, 0.25) is 0 Å². The minimum atomic E-state index is 0.743. The summed E-state index contributed by atoms with van der Waals surface area (Å²) in [6.07, 6.45) is 3.94. The molecule has 0 fully saturated rings. The van der Waals surface area contributed by atoms with Crippen LogP contribution in [0.25, 0.3) is 5.57 Å². The van der Waals surface area contributed by atoms with Crippen LogP contribution in [0.4, 0.5) is 0 Å². The molecule has 0 unspecified atom stereocenters. The molecule has 2 heteroatoms. The van der Waals surface area contributed by atoms with Crippen molar-refractivity contribution in [3.05, 3.63) is 65.9 Å². The van der Waals surface area contributed by atoms with E-state index in [2.05, 4.69) is 25.1 Å². The van der Waals surface area contributed by atoms with Crippen molar-refractivity contribution in [2.45, 2.75) is 26.7 Å². The van der Waals surface area contributed by atoms with Gasteiger partial charge in [0.15, 0.2) is 11.5 Å². The first-order valence-electron chi connectivity index (χ1n) is 7.30. The molecule has 0 spiro atoms. The number of hydrogen-bond donors (Lipinski definition) is 0. The van der Waals surface area contributed by atoms with Gasteiger partial charge >= 0.3 is 0 Å². The summed E-state index contributed by atoms with van der Waals surface area (Å²) >= 11 is 0. The Morgan fingerprint density at radius 1 is 1.05 bits per heavy atom. The van der Waals surface area contributed by atoms with E-state index in [1.54, 1.807) is 13.4 Å². The van der Waals surface area contributed by atoms with E-state index in [9.17, 15) is 0 Å². The lowest BCUT2D eigenvalue weighted by Crippen LogP contribution is -1.93. The molecule has 0 saturated heterocycles. The van der Waals surface area contributed by atoms with Crippen LogP contribution < -0.4 is 9.47 Å². The molecule has 0 N–H and O–H groups in total. The van der Waals surface area contributed by atoms with E-state index in [0.29, 0.717) is 0 Å². The van der Waals surface area contributed by atoms with Crippen molar-refractivity contribution in [1.82, 2.24) is 0 Å². The number of methoxy groups -OCH3 is 1. The molecule has 0 amide bonds. The van der Waals surface area contributed by atoms with E-state index in [-0.39, 0.29) is 0 Å². The van der Waals surface area contributed by atoms with E-state index in [0.717, 1.165) is 35.5 Å². The van der Waals surface area contributed by atoms with Crippen LogP contribution in [0.1, 0.15) is 31.4 Å². The van der Waals surface area contributed by atoms with Crippen molar-refractivity contribution >= 4 is 5.57 Å². The van der Waals surface area contributed by atoms with Gasteiger partial charge in [-0.25, -0.2) is 0 Å². The molecular formula is C19H22O2. The van der Waals surface area contributed by atoms with Gasteiger partial charge in [0, 0.05) is 0 Å². The fourth-order valence-corrected chi connectivity index (χ4v) is 2.17. The van der Waals surface area contributed by atoms with E-state index in [4.69, 9.17) is 9.47 Å². The third kappa shape index (κ3) is 4.12. The monoisotopic (exact) mass is 282 g/mol. The van der Waals surface area contributed by atoms with Crippen molar-refractivity contribution in [1.29, 1.82) is 0 Å². The summed E-state index contributed by atoms with van der Waals surface area (Å²) in [6, 6.07) is 16.3. The molecule has 0 saturated carbocycles. The predicted molar refractivity (Wildman–Crippen MR) is 87.7 cm³/mol. The van der Waals surface area contributed by atoms with E-state index >= 15 is 0 Å². The Morgan fingerprint density at radius 3 is 2.48 bits per heavy atom. The summed E-state index contributed by atoms with van der Waals surface area (Å²) in [5, 5.41) is 0. The number of rotatable bonds is 6. The number of ether oxygens (including phenoxy) is 2. The lowest BCUT2D eigenvalue weighted by Gasteiger charge is -2.10. The van der Waals surface area contributed by atoms with Gasteiger partial charge < -0.3 is 9.47 Å². The van der Waals surface area contributed by atoms with Gasteiger partial charge in [0.1, 0.15) is 0 Å². The first-order chi connectivity index (χ1) is 10.2. The molecule has 0 aliphatic rings. The molecule has 0 atom stereocenters. The van der Waals surface area contributed by atoms with Crippen LogP contribution in [0.3, 0.4) is 0 Å². The predicted octanol–water partition coefficient (Wildman–Crippen LogP) is 5.09. The van der Waals surface area contributed by atoms with Gasteiger partial charge in [-0.3, -0.25) is 0 Å². The van der Waals surface area contributed by atoms with E-state index < -0.39 is 0 Å². The zero-order valence-electron chi connectivity index (χ0n) is 12.9. The fraction of sp³-hybridized carbons (Fsp3) is 0.263. The van der Waals surface area contributed by atoms with Crippen LogP contribution in [0.5, 0.6) is 11.5 Å². The zero-order chi connectivity index (χ0) is 15.1. The van der Waals surface area contributed by atoms with Crippen molar-refractivity contribution in [2.24, 2.45) is 0 Å². The third-order valence-electron chi connectivity index (χ3n) is 3.36. The van der Waals surface area contributed by atoms with Crippen molar-refractivity contribution in [3.63, 3.8) is 0 Å². The highest BCUT2D eigenvalue weighted by Gasteiger charge is 2.05. The second kappa shape index (κ2) is 7.53. The SMILES string of the molecule is CCCc1ccc(OC=C(C)c2ccccc2)c(OC)c1. The summed E-state index contributed by atoms with van der Waals surface area (Å²) in [5.74, 6) is 1.52. The van der Waals surface area contributed by atoms with Gasteiger partial charge in [0.25, 0.3) is 0 Å². The normalized spacial score (nSPS) is 11.3. The molecule has 0 aromatic heterocycles. The van der Waals surface area contributed by atoms with Gasteiger partial charge in [-0.2, -0.15) is 0 Å². The number of benzene rings is 2. The first-order valence-corrected chi connectivity index (χ1v) is 7.30. The van der Waals surface area contributed by atoms with Crippen LogP contribution in [0.15, 0.2) is 54.8 Å². The number of allylic oxidation sites excluding steroid dienone is 1. The second-order valence-corrected chi connectivity index (χ2v) is 5.02. The largest absolute Gasteiger partial charge is 0.493 e. The Kier molecular flexibility index (Phi) is 5.44. The maximum Gasteiger partial charge on any atom is 0.168 e. The average Bonchev–Trinajstić information content (AvgIpc) is 2.54. The molecule has 110 valence electrons. The fourth-order valence-electron chi connectivity index (χ4n) is 2.17. The van der Waals surface area contributed by atoms with Crippen molar-refractivity contribution in [3.8, 4) is 11.5 Å². The van der Waals surface area contributed by atoms with Crippen LogP contribution in [-0.4, -0.2) is 7.11 Å². The first kappa shape index (κ1) is 15.2. The molecule has 2 aromatic carbocycles. The highest BCUT2D eigenvalue weighted by Crippen LogP contribution is 2.29. The van der Waals surface area contributed by atoms with Crippen molar-refractivity contribution < 1.29 is 9.47 Å². The Hall–Kier alpha value is -2.22. The van der Waals surface area contributed by atoms with Crippen LogP contribution in [0, 0.1) is 0 Å². The van der Waals surface area contributed by atoms with E-state index in [1.165, 1.54) is 5.56 Å². The van der Waals surface area contributed by atoms with Gasteiger partial charge in [-0.05, 0) is 42.2 Å². The molecule has 0 bridgehead atoms. The number of hydrogen-bond acceptors (Lipinski definition) is 2. The quantitative estimate of drug-likeness (QED) is 0.687. The van der Waals surface area contributed by atoms with Gasteiger partial charge in [0.05, 0.1) is 13.4 Å². The molecule has 0 aliphatic carbocycles. The average molecular weight is 282 g/mol. The Morgan fingerprint density at radius 2 is 1.81 bits per heavy atom. The van der Waals surface area contributed by atoms with Crippen molar-refractivity contribution in [2.75, 3.05) is 7.11 Å². The summed E-state index contributed by atoms with van der Waals surface area (Å²) < 4.78 is 11.2. The minimum absolute atomic E-state index is 0.743. The summed E-state index contributed by atoms with van der Waals surface area (Å²) in [5.41, 5.74) is 3.50. The minimum Gasteiger partial charge on any atom is -0.493 e. The summed E-state index contributed by atoms with van der Waals surface area (Å²) in [4.78, 5) is 0. The molecule has 2 aromatic rings. The second-order valence-electron chi connectivity index (χ2n) is 5.02.